The molecule has 0 unspecified atom stereocenters. The maximum atomic E-state index is 13.3. The van der Waals surface area contributed by atoms with Crippen LogP contribution in [0.2, 0.25) is 0 Å². The number of aliphatic hydroxyl groups is 1. The maximum Gasteiger partial charge on any atom is 0.289 e. The van der Waals surface area contributed by atoms with Gasteiger partial charge in [-0.1, -0.05) is 20.3 Å². The normalized spacial score (nSPS) is 28.4. The van der Waals surface area contributed by atoms with Gasteiger partial charge in [0.15, 0.2) is 5.76 Å². The lowest BCUT2D eigenvalue weighted by Gasteiger charge is -2.43. The van der Waals surface area contributed by atoms with Crippen molar-refractivity contribution in [1.82, 2.24) is 4.90 Å². The first kappa shape index (κ1) is 19.9. The second-order valence-corrected chi connectivity index (χ2v) is 10.1. The average molecular weight is 412 g/mol. The number of aliphatic hydroxyl groups excluding tert-OH is 1. The van der Waals surface area contributed by atoms with Crippen LogP contribution in [0.15, 0.2) is 16.5 Å². The van der Waals surface area contributed by atoms with Crippen LogP contribution in [0, 0.1) is 18.8 Å². The molecule has 5 rings (SSSR count). The number of fused-ring (bicyclic) bond motifs is 3. The Morgan fingerprint density at radius 2 is 1.83 bits per heavy atom. The molecule has 1 amide bonds. The first-order chi connectivity index (χ1) is 14.4. The van der Waals surface area contributed by atoms with Gasteiger partial charge in [-0.15, -0.1) is 0 Å². The summed E-state index contributed by atoms with van der Waals surface area (Å²) >= 11 is 0. The third kappa shape index (κ3) is 3.22. The number of furan rings is 1. The molecule has 2 aliphatic heterocycles. The molecule has 0 radical (unpaired) electrons. The maximum absolute atomic E-state index is 13.3. The monoisotopic (exact) mass is 411 g/mol. The van der Waals surface area contributed by atoms with Crippen molar-refractivity contribution in [2.75, 3.05) is 13.1 Å². The van der Waals surface area contributed by atoms with E-state index in [-0.39, 0.29) is 11.5 Å². The number of ether oxygens (including phenoxy) is 1. The van der Waals surface area contributed by atoms with Gasteiger partial charge in [-0.05, 0) is 63.0 Å². The molecule has 2 aromatic rings. The first-order valence-electron chi connectivity index (χ1n) is 11.6. The summed E-state index contributed by atoms with van der Waals surface area (Å²) in [5, 5.41) is 12.0. The summed E-state index contributed by atoms with van der Waals surface area (Å²) in [7, 11) is 0. The highest BCUT2D eigenvalue weighted by molar-refractivity contribution is 6.00. The van der Waals surface area contributed by atoms with Crippen LogP contribution in [-0.2, 0) is 0 Å². The number of benzene rings is 1. The number of carbonyl (C=O) groups is 1. The zero-order valence-corrected chi connectivity index (χ0v) is 18.4. The van der Waals surface area contributed by atoms with E-state index in [1.807, 2.05) is 24.0 Å². The molecule has 1 aromatic carbocycles. The van der Waals surface area contributed by atoms with E-state index < -0.39 is 6.10 Å². The smallest absolute Gasteiger partial charge is 0.289 e. The fourth-order valence-electron chi connectivity index (χ4n) is 6.18. The van der Waals surface area contributed by atoms with Crippen molar-refractivity contribution in [3.05, 3.63) is 29.0 Å². The standard InChI is InChI=1S/C25H33NO4/c1-15-11-16(2)14-26(13-15)24(28)23-17(3)21-19(29-23)7-8-20-22(21)18(27)12-25(30-20)9-5-4-6-10-25/h7-8,15-16,18,27H,4-6,9-14H2,1-3H3/t15-,16+,18-/m1/s1. The number of hydrogen-bond donors (Lipinski definition) is 1. The largest absolute Gasteiger partial charge is 0.487 e. The number of carbonyl (C=O) groups excluding carboxylic acids is 1. The third-order valence-electron chi connectivity index (χ3n) is 7.44. The Bertz CT molecular complexity index is 961. The van der Waals surface area contributed by atoms with Crippen LogP contribution < -0.4 is 4.74 Å². The molecule has 1 N–H and O–H groups in total. The van der Waals surface area contributed by atoms with Crippen LogP contribution in [0.5, 0.6) is 5.75 Å². The minimum Gasteiger partial charge on any atom is -0.487 e. The summed E-state index contributed by atoms with van der Waals surface area (Å²) < 4.78 is 12.6. The van der Waals surface area contributed by atoms with E-state index in [9.17, 15) is 9.90 Å². The lowest BCUT2D eigenvalue weighted by Crippen LogP contribution is -2.43. The number of rotatable bonds is 1. The van der Waals surface area contributed by atoms with E-state index in [2.05, 4.69) is 13.8 Å². The van der Waals surface area contributed by atoms with Crippen molar-refractivity contribution >= 4 is 16.9 Å². The van der Waals surface area contributed by atoms with E-state index in [1.165, 1.54) is 6.42 Å². The average Bonchev–Trinajstić information content (AvgIpc) is 3.03. The molecule has 1 saturated carbocycles. The molecule has 1 saturated heterocycles. The summed E-state index contributed by atoms with van der Waals surface area (Å²) in [6, 6.07) is 3.81. The van der Waals surface area contributed by atoms with Crippen LogP contribution in [0.25, 0.3) is 11.0 Å². The molecule has 30 heavy (non-hydrogen) atoms. The van der Waals surface area contributed by atoms with Crippen LogP contribution >= 0.6 is 0 Å². The van der Waals surface area contributed by atoms with Gasteiger partial charge >= 0.3 is 0 Å². The van der Waals surface area contributed by atoms with Gasteiger partial charge in [0.05, 0.1) is 6.10 Å². The Kier molecular flexibility index (Phi) is 4.85. The highest BCUT2D eigenvalue weighted by atomic mass is 16.5. The van der Waals surface area contributed by atoms with E-state index in [1.54, 1.807) is 0 Å². The molecule has 2 fully saturated rings. The van der Waals surface area contributed by atoms with Crippen molar-refractivity contribution in [2.45, 2.75) is 77.4 Å². The summed E-state index contributed by atoms with van der Waals surface area (Å²) in [6.07, 6.45) is 6.73. The Hall–Kier alpha value is -2.01. The highest BCUT2D eigenvalue weighted by Crippen LogP contribution is 2.49. The van der Waals surface area contributed by atoms with Gasteiger partial charge < -0.3 is 19.2 Å². The molecular formula is C25H33NO4. The Morgan fingerprint density at radius 1 is 1.13 bits per heavy atom. The second-order valence-electron chi connectivity index (χ2n) is 10.1. The van der Waals surface area contributed by atoms with Gasteiger partial charge in [0.25, 0.3) is 5.91 Å². The second kappa shape index (κ2) is 7.30. The Labute approximate surface area is 178 Å². The summed E-state index contributed by atoms with van der Waals surface area (Å²) in [5.74, 6) is 2.12. The molecule has 1 aliphatic carbocycles. The molecule has 0 bridgehead atoms. The molecule has 3 atom stereocenters. The van der Waals surface area contributed by atoms with E-state index in [0.717, 1.165) is 67.5 Å². The number of amides is 1. The van der Waals surface area contributed by atoms with Crippen LogP contribution in [0.1, 0.15) is 86.6 Å². The van der Waals surface area contributed by atoms with Gasteiger partial charge in [0.1, 0.15) is 16.9 Å². The van der Waals surface area contributed by atoms with Crippen LogP contribution in [0.3, 0.4) is 0 Å². The minimum absolute atomic E-state index is 0.0363. The summed E-state index contributed by atoms with van der Waals surface area (Å²) in [6.45, 7) is 7.88. The van der Waals surface area contributed by atoms with E-state index in [4.69, 9.17) is 9.15 Å². The fraction of sp³-hybridized carbons (Fsp3) is 0.640. The summed E-state index contributed by atoms with van der Waals surface area (Å²) in [4.78, 5) is 15.2. The SMILES string of the molecule is Cc1c(C(=O)N2C[C@H](C)C[C@H](C)C2)oc2ccc3c(c12)[C@H](O)CC1(CCCCC1)O3. The third-order valence-corrected chi connectivity index (χ3v) is 7.44. The van der Waals surface area contributed by atoms with Gasteiger partial charge in [-0.3, -0.25) is 4.79 Å². The number of nitrogens with zero attached hydrogens (tertiary/aromatic N) is 1. The Balaban J connectivity index is 1.53. The lowest BCUT2D eigenvalue weighted by molar-refractivity contribution is -0.0373. The van der Waals surface area contributed by atoms with Crippen molar-refractivity contribution < 1.29 is 19.1 Å². The number of likely N-dealkylation sites (tertiary alicyclic amines) is 1. The van der Waals surface area contributed by atoms with Gasteiger partial charge in [0, 0.05) is 36.0 Å². The van der Waals surface area contributed by atoms with Crippen molar-refractivity contribution in [2.24, 2.45) is 11.8 Å². The Morgan fingerprint density at radius 3 is 2.53 bits per heavy atom. The summed E-state index contributed by atoms with van der Waals surface area (Å²) in [5.41, 5.74) is 2.04. The first-order valence-corrected chi connectivity index (χ1v) is 11.6. The molecule has 1 aromatic heterocycles. The van der Waals surface area contributed by atoms with Crippen LogP contribution in [0.4, 0.5) is 0 Å². The molecule has 5 nitrogen and oxygen atoms in total. The predicted octanol–water partition coefficient (Wildman–Crippen LogP) is 5.38. The molecule has 5 heteroatoms. The molecule has 3 heterocycles. The molecule has 1 spiro atoms. The van der Waals surface area contributed by atoms with Crippen molar-refractivity contribution in [3.8, 4) is 5.75 Å². The zero-order chi connectivity index (χ0) is 21.0. The quantitative estimate of drug-likeness (QED) is 0.684. The zero-order valence-electron chi connectivity index (χ0n) is 18.4. The van der Waals surface area contributed by atoms with Crippen LogP contribution in [-0.4, -0.2) is 34.6 Å². The van der Waals surface area contributed by atoms with Gasteiger partial charge in [0.2, 0.25) is 0 Å². The van der Waals surface area contributed by atoms with E-state index in [0.29, 0.717) is 29.6 Å². The van der Waals surface area contributed by atoms with Crippen molar-refractivity contribution in [1.29, 1.82) is 0 Å². The minimum atomic E-state index is -0.593. The topological polar surface area (TPSA) is 62.9 Å². The fourth-order valence-corrected chi connectivity index (χ4v) is 6.18. The highest BCUT2D eigenvalue weighted by Gasteiger charge is 2.43. The van der Waals surface area contributed by atoms with E-state index >= 15 is 0 Å². The molecule has 162 valence electrons. The van der Waals surface area contributed by atoms with Gasteiger partial charge in [-0.2, -0.15) is 0 Å². The molecule has 3 aliphatic rings. The van der Waals surface area contributed by atoms with Crippen molar-refractivity contribution in [3.63, 3.8) is 0 Å². The molecular weight excluding hydrogens is 378 g/mol. The number of hydrogen-bond acceptors (Lipinski definition) is 4. The van der Waals surface area contributed by atoms with Gasteiger partial charge in [-0.25, -0.2) is 0 Å². The lowest BCUT2D eigenvalue weighted by atomic mass is 9.77. The number of aryl methyl sites for hydroxylation is 1. The number of piperidine rings is 1. The predicted molar refractivity (Wildman–Crippen MR) is 116 cm³/mol.